The van der Waals surface area contributed by atoms with Crippen molar-refractivity contribution in [1.29, 1.82) is 0 Å². The lowest BCUT2D eigenvalue weighted by atomic mass is 9.99. The molecule has 11 atom stereocenters. The van der Waals surface area contributed by atoms with Crippen molar-refractivity contribution in [2.45, 2.75) is 193 Å². The molecule has 0 spiro atoms. The summed E-state index contributed by atoms with van der Waals surface area (Å²) < 4.78 is 0. The van der Waals surface area contributed by atoms with Gasteiger partial charge in [-0.2, -0.15) is 23.5 Å². The fraction of sp³-hybridized carbons (Fsp3) is 0.691. The number of phenolic OH excluding ortho intramolecular Hbond substituents is 1. The summed E-state index contributed by atoms with van der Waals surface area (Å²) >= 11 is 2.67. The number of carboxylic acid groups (broad SMARTS) is 2. The minimum absolute atomic E-state index is 0.0222. The van der Waals surface area contributed by atoms with E-state index >= 15 is 0 Å². The Labute approximate surface area is 495 Å². The van der Waals surface area contributed by atoms with Crippen molar-refractivity contribution in [3.63, 3.8) is 0 Å². The van der Waals surface area contributed by atoms with Gasteiger partial charge < -0.3 is 79.7 Å². The molecule has 1 aromatic rings. The number of benzene rings is 1. The van der Waals surface area contributed by atoms with Gasteiger partial charge in [-0.25, -0.2) is 4.79 Å². The van der Waals surface area contributed by atoms with Gasteiger partial charge in [0, 0.05) is 12.8 Å². The second-order valence-electron chi connectivity index (χ2n) is 21.9. The van der Waals surface area contributed by atoms with E-state index in [1.807, 2.05) is 0 Å². The maximum absolute atomic E-state index is 14.4. The van der Waals surface area contributed by atoms with Gasteiger partial charge in [-0.05, 0) is 138 Å². The van der Waals surface area contributed by atoms with Crippen molar-refractivity contribution in [3.05, 3.63) is 29.8 Å². The van der Waals surface area contributed by atoms with Crippen LogP contribution < -0.4 is 59.3 Å². The lowest BCUT2D eigenvalue weighted by molar-refractivity contribution is -0.143. The average Bonchev–Trinajstić information content (AvgIpc) is 3.42. The highest BCUT2D eigenvalue weighted by Crippen LogP contribution is 2.16. The average molecular weight is 1210 g/mol. The Morgan fingerprint density at radius 2 is 0.831 bits per heavy atom. The molecule has 17 N–H and O–H groups in total. The van der Waals surface area contributed by atoms with Crippen LogP contribution in [-0.2, 0) is 59.2 Å². The third-order valence-corrected chi connectivity index (χ3v) is 14.1. The van der Waals surface area contributed by atoms with Gasteiger partial charge in [-0.15, -0.1) is 0 Å². The molecular formula is C55H93N11O15S2. The molecule has 0 bridgehead atoms. The Hall–Kier alpha value is -6.23. The number of hydrogen-bond acceptors (Lipinski definition) is 17. The Bertz CT molecular complexity index is 2280. The molecule has 83 heavy (non-hydrogen) atoms. The van der Waals surface area contributed by atoms with Crippen LogP contribution in [0.4, 0.5) is 0 Å². The Morgan fingerprint density at radius 1 is 0.470 bits per heavy atom. The van der Waals surface area contributed by atoms with Gasteiger partial charge in [0.15, 0.2) is 0 Å². The number of phenols is 1. The van der Waals surface area contributed by atoms with Gasteiger partial charge in [0.25, 0.3) is 0 Å². The third kappa shape index (κ3) is 29.7. The number of carboxylic acids is 2. The van der Waals surface area contributed by atoms with Crippen LogP contribution in [0.2, 0.25) is 0 Å². The molecule has 0 aliphatic carbocycles. The van der Waals surface area contributed by atoms with E-state index in [1.54, 1.807) is 54.1 Å². The number of aliphatic hydroxyl groups excluding tert-OH is 1. The topological polar surface area (TPSA) is 429 Å². The number of aliphatic hydroxyl groups is 1. The van der Waals surface area contributed by atoms with E-state index in [9.17, 15) is 73.2 Å². The largest absolute Gasteiger partial charge is 0.508 e. The molecule has 1 rings (SSSR count). The van der Waals surface area contributed by atoms with Crippen LogP contribution in [0.1, 0.15) is 125 Å². The summed E-state index contributed by atoms with van der Waals surface area (Å²) in [5.41, 5.74) is 12.0. The summed E-state index contributed by atoms with van der Waals surface area (Å²) in [5, 5.41) is 63.4. The molecule has 0 aliphatic rings. The number of aromatic hydroxyl groups is 1. The zero-order chi connectivity index (χ0) is 63.1. The van der Waals surface area contributed by atoms with Crippen LogP contribution in [0.5, 0.6) is 5.75 Å². The molecular weight excluding hydrogens is 1120 g/mol. The maximum atomic E-state index is 14.4. The number of amides is 9. The van der Waals surface area contributed by atoms with Gasteiger partial charge in [-0.3, -0.25) is 47.9 Å². The molecule has 28 heteroatoms. The van der Waals surface area contributed by atoms with Crippen molar-refractivity contribution in [3.8, 4) is 5.75 Å². The fourth-order valence-electron chi connectivity index (χ4n) is 8.34. The smallest absolute Gasteiger partial charge is 0.326 e. The molecule has 0 aromatic heterocycles. The molecule has 0 unspecified atom stereocenters. The predicted molar refractivity (Wildman–Crippen MR) is 316 cm³/mol. The number of carbonyl (C=O) groups excluding carboxylic acids is 9. The van der Waals surface area contributed by atoms with Crippen molar-refractivity contribution < 1.29 is 73.2 Å². The maximum Gasteiger partial charge on any atom is 0.326 e. The minimum Gasteiger partial charge on any atom is -0.508 e. The number of aliphatic carboxylic acids is 2. The van der Waals surface area contributed by atoms with E-state index in [1.165, 1.54) is 61.6 Å². The number of carbonyl (C=O) groups is 11. The quantitative estimate of drug-likeness (QED) is 0.0376. The van der Waals surface area contributed by atoms with E-state index in [0.29, 0.717) is 30.7 Å². The first kappa shape index (κ1) is 74.8. The minimum atomic E-state index is -1.70. The van der Waals surface area contributed by atoms with Gasteiger partial charge in [-0.1, -0.05) is 53.7 Å². The second-order valence-corrected chi connectivity index (χ2v) is 23.9. The highest BCUT2D eigenvalue weighted by Gasteiger charge is 2.37. The van der Waals surface area contributed by atoms with Crippen LogP contribution in [-0.4, -0.2) is 183 Å². The van der Waals surface area contributed by atoms with Crippen molar-refractivity contribution in [2.75, 3.05) is 30.6 Å². The number of thioether (sulfide) groups is 2. The number of nitrogens with two attached hydrogens (primary N) is 2. The van der Waals surface area contributed by atoms with E-state index in [4.69, 9.17) is 11.5 Å². The Balaban J connectivity index is 3.59. The highest BCUT2D eigenvalue weighted by atomic mass is 32.2. The Morgan fingerprint density at radius 3 is 1.24 bits per heavy atom. The molecule has 0 radical (unpaired) electrons. The SMILES string of the molecule is CSCC[C@H](NC(=O)[C@H](CC(C)C)NC(=O)[C@H](Cc1ccc(O)cc1)NC(=O)[C@H](CCCCN)NC(=O)[C@H](C)N)C(=O)N[C@@H](CCC(=O)O)C(=O)N[C@@H](CC(C)C)C(=O)N[C@H](C(=O)N[C@@H](CCSC)C(=O)N[C@@H](CC(C)C)C(=O)O)[C@@H](C)O. The summed E-state index contributed by atoms with van der Waals surface area (Å²) in [6.45, 7) is 13.5. The number of nitrogens with one attached hydrogen (secondary N) is 9. The first-order chi connectivity index (χ1) is 38.9. The van der Waals surface area contributed by atoms with Crippen molar-refractivity contribution >= 4 is 88.6 Å². The zero-order valence-electron chi connectivity index (χ0n) is 49.5. The zero-order valence-corrected chi connectivity index (χ0v) is 51.2. The van der Waals surface area contributed by atoms with Crippen molar-refractivity contribution in [2.24, 2.45) is 29.2 Å². The molecule has 0 fully saturated rings. The third-order valence-electron chi connectivity index (χ3n) is 12.8. The first-order valence-electron chi connectivity index (χ1n) is 28.0. The molecule has 470 valence electrons. The number of rotatable bonds is 41. The van der Waals surface area contributed by atoms with E-state index in [0.717, 1.165) is 0 Å². The number of unbranched alkanes of at least 4 members (excludes halogenated alkanes) is 1. The van der Waals surface area contributed by atoms with Crippen LogP contribution in [0.15, 0.2) is 24.3 Å². The molecule has 9 amide bonds. The van der Waals surface area contributed by atoms with Crippen LogP contribution in [0.25, 0.3) is 0 Å². The van der Waals surface area contributed by atoms with Crippen LogP contribution >= 0.6 is 23.5 Å². The summed E-state index contributed by atoms with van der Waals surface area (Å²) in [6.07, 6.45) is 1.91. The lowest BCUT2D eigenvalue weighted by Gasteiger charge is -2.29. The summed E-state index contributed by atoms with van der Waals surface area (Å²) in [6, 6.07) is -7.60. The predicted octanol–water partition coefficient (Wildman–Crippen LogP) is -0.251. The van der Waals surface area contributed by atoms with Crippen LogP contribution in [0, 0.1) is 17.8 Å². The molecule has 26 nitrogen and oxygen atoms in total. The Kier molecular flexibility index (Phi) is 35.4. The van der Waals surface area contributed by atoms with E-state index < -0.39 is 144 Å². The second kappa shape index (κ2) is 39.3. The molecule has 0 saturated heterocycles. The van der Waals surface area contributed by atoms with Gasteiger partial charge in [0.05, 0.1) is 12.1 Å². The molecule has 0 heterocycles. The van der Waals surface area contributed by atoms with Gasteiger partial charge in [0.2, 0.25) is 53.2 Å². The number of hydrogen-bond donors (Lipinski definition) is 15. The molecule has 0 saturated carbocycles. The summed E-state index contributed by atoms with van der Waals surface area (Å²) in [7, 11) is 0. The van der Waals surface area contributed by atoms with Gasteiger partial charge in [0.1, 0.15) is 60.1 Å². The van der Waals surface area contributed by atoms with Crippen molar-refractivity contribution in [1.82, 2.24) is 47.9 Å². The molecule has 1 aromatic carbocycles. The first-order valence-corrected chi connectivity index (χ1v) is 30.8. The monoisotopic (exact) mass is 1210 g/mol. The highest BCUT2D eigenvalue weighted by molar-refractivity contribution is 7.98. The standard InChI is InChI=1S/C55H93N11O15S2/c1-29(2)25-40(63-52(77)42(28-34-14-16-35(68)17-15-34)64-47(72)36(13-11-12-22-56)58-46(71)32(7)57)51(76)60-38(20-23-82-9)49(74)59-37(18-19-44(69)70)48(73)62-41(26-30(3)4)53(78)66-45(33(8)67)54(79)61-39(21-24-83-10)50(75)65-43(55(80)81)27-31(5)6/h14-17,29-33,36-43,45,67-68H,11-13,18-28,56-57H2,1-10H3,(H,58,71)(H,59,74)(H,60,76)(H,61,79)(H,62,73)(H,63,77)(H,64,72)(H,65,75)(H,66,78)(H,69,70)(H,80,81)/t32-,33+,36-,37-,38-,39-,40-,41-,42-,43-,45-/m0/s1. The van der Waals surface area contributed by atoms with Gasteiger partial charge >= 0.3 is 11.9 Å². The fourth-order valence-corrected chi connectivity index (χ4v) is 9.28. The van der Waals surface area contributed by atoms with E-state index in [-0.39, 0.29) is 74.2 Å². The van der Waals surface area contributed by atoms with Crippen LogP contribution in [0.3, 0.4) is 0 Å². The summed E-state index contributed by atoms with van der Waals surface area (Å²) in [4.78, 5) is 149. The lowest BCUT2D eigenvalue weighted by Crippen LogP contribution is -2.62. The summed E-state index contributed by atoms with van der Waals surface area (Å²) in [5.74, 6) is -10.3. The normalized spacial score (nSPS) is 15.3. The molecule has 0 aliphatic heterocycles. The van der Waals surface area contributed by atoms with E-state index in [2.05, 4.69) is 47.9 Å².